The van der Waals surface area contributed by atoms with E-state index in [1.54, 1.807) is 0 Å². The Morgan fingerprint density at radius 1 is 1.47 bits per heavy atom. The molecule has 3 N–H and O–H groups in total. The molecule has 2 aliphatic rings. The molecule has 2 rings (SSSR count). The Kier molecular flexibility index (Phi) is 2.13. The number of amidine groups is 1. The van der Waals surface area contributed by atoms with Crippen LogP contribution in [0.2, 0.25) is 0 Å². The standard InChI is InChI=1S/C9H13N3O3/c10-7-9(5-6(13)11-7)1-3-12(4-2-9)8(14)15/h1-5H2,(H,14,15)(H2,10,11,13). The van der Waals surface area contributed by atoms with Gasteiger partial charge < -0.3 is 15.7 Å². The van der Waals surface area contributed by atoms with Crippen molar-refractivity contribution in [3.8, 4) is 0 Å². The average Bonchev–Trinajstić information content (AvgIpc) is 2.42. The molecule has 2 heterocycles. The number of hydrogen-bond acceptors (Lipinski definition) is 3. The summed E-state index contributed by atoms with van der Waals surface area (Å²) in [6.07, 6.45) is 0.622. The molecule has 0 radical (unpaired) electrons. The van der Waals surface area contributed by atoms with Crippen molar-refractivity contribution < 1.29 is 14.7 Å². The van der Waals surface area contributed by atoms with E-state index in [1.807, 2.05) is 0 Å². The fourth-order valence-corrected chi connectivity index (χ4v) is 2.23. The maximum atomic E-state index is 11.1. The second kappa shape index (κ2) is 3.22. The summed E-state index contributed by atoms with van der Waals surface area (Å²) in [6.45, 7) is 0.859. The predicted octanol–water partition coefficient (Wildman–Crippen LogP) is 0.0341. The summed E-state index contributed by atoms with van der Waals surface area (Å²) < 4.78 is 0. The van der Waals surface area contributed by atoms with E-state index in [9.17, 15) is 9.59 Å². The fourth-order valence-electron chi connectivity index (χ4n) is 2.23. The molecule has 0 atom stereocenters. The zero-order valence-corrected chi connectivity index (χ0v) is 8.27. The second-order valence-electron chi connectivity index (χ2n) is 4.12. The molecule has 15 heavy (non-hydrogen) atoms. The van der Waals surface area contributed by atoms with Crippen molar-refractivity contribution >= 4 is 17.8 Å². The largest absolute Gasteiger partial charge is 0.465 e. The van der Waals surface area contributed by atoms with E-state index >= 15 is 0 Å². The van der Waals surface area contributed by atoms with E-state index in [2.05, 4.69) is 4.99 Å². The number of carbonyl (C=O) groups excluding carboxylic acids is 1. The SMILES string of the molecule is NC1=NC(=O)CC12CCN(C(=O)O)CC2. The third-order valence-corrected chi connectivity index (χ3v) is 3.27. The topological polar surface area (TPSA) is 96.0 Å². The molecule has 6 heteroatoms. The van der Waals surface area contributed by atoms with E-state index < -0.39 is 6.09 Å². The minimum atomic E-state index is -0.912. The van der Waals surface area contributed by atoms with Gasteiger partial charge in [0.15, 0.2) is 0 Å². The van der Waals surface area contributed by atoms with E-state index in [0.717, 1.165) is 0 Å². The van der Waals surface area contributed by atoms with Gasteiger partial charge in [-0.05, 0) is 12.8 Å². The number of amides is 2. The lowest BCUT2D eigenvalue weighted by atomic mass is 9.76. The van der Waals surface area contributed by atoms with Gasteiger partial charge in [-0.3, -0.25) is 4.79 Å². The monoisotopic (exact) mass is 211 g/mol. The number of nitrogens with two attached hydrogens (primary N) is 1. The van der Waals surface area contributed by atoms with Crippen LogP contribution in [-0.2, 0) is 4.79 Å². The van der Waals surface area contributed by atoms with E-state index in [1.165, 1.54) is 4.90 Å². The van der Waals surface area contributed by atoms with Crippen molar-refractivity contribution in [2.75, 3.05) is 13.1 Å². The Morgan fingerprint density at radius 2 is 2.07 bits per heavy atom. The molecule has 82 valence electrons. The highest BCUT2D eigenvalue weighted by atomic mass is 16.4. The Bertz CT molecular complexity index is 343. The first-order valence-corrected chi connectivity index (χ1v) is 4.89. The lowest BCUT2D eigenvalue weighted by molar-refractivity contribution is -0.118. The first kappa shape index (κ1) is 9.95. The summed E-state index contributed by atoms with van der Waals surface area (Å²) in [5.41, 5.74) is 5.36. The molecule has 2 amide bonds. The van der Waals surface area contributed by atoms with Gasteiger partial charge in [0.25, 0.3) is 0 Å². The number of likely N-dealkylation sites (tertiary alicyclic amines) is 1. The predicted molar refractivity (Wildman–Crippen MR) is 52.5 cm³/mol. The lowest BCUT2D eigenvalue weighted by Crippen LogP contribution is -2.47. The molecule has 1 spiro atoms. The van der Waals surface area contributed by atoms with Crippen LogP contribution in [0.15, 0.2) is 4.99 Å². The highest BCUT2D eigenvalue weighted by molar-refractivity contribution is 6.04. The molecule has 1 fully saturated rings. The maximum Gasteiger partial charge on any atom is 0.407 e. The Labute approximate surface area is 86.8 Å². The van der Waals surface area contributed by atoms with Crippen LogP contribution in [0, 0.1) is 5.41 Å². The highest BCUT2D eigenvalue weighted by Crippen LogP contribution is 2.38. The van der Waals surface area contributed by atoms with E-state index in [-0.39, 0.29) is 11.3 Å². The van der Waals surface area contributed by atoms with Gasteiger partial charge in [-0.25, -0.2) is 9.79 Å². The van der Waals surface area contributed by atoms with Gasteiger partial charge in [-0.15, -0.1) is 0 Å². The number of aliphatic imine (C=N–C) groups is 1. The van der Waals surface area contributed by atoms with Gasteiger partial charge in [0.1, 0.15) is 5.84 Å². The fraction of sp³-hybridized carbons (Fsp3) is 0.667. The smallest absolute Gasteiger partial charge is 0.407 e. The van der Waals surface area contributed by atoms with Crippen LogP contribution in [0.4, 0.5) is 4.79 Å². The number of carbonyl (C=O) groups is 2. The van der Waals surface area contributed by atoms with Crippen LogP contribution in [-0.4, -0.2) is 40.9 Å². The summed E-state index contributed by atoms with van der Waals surface area (Å²) in [4.78, 5) is 26.9. The molecular formula is C9H13N3O3. The normalized spacial score (nSPS) is 24.4. The minimum absolute atomic E-state index is 0.184. The number of rotatable bonds is 0. The molecule has 0 bridgehead atoms. The number of piperidine rings is 1. The lowest BCUT2D eigenvalue weighted by Gasteiger charge is -2.37. The van der Waals surface area contributed by atoms with Gasteiger partial charge in [0.2, 0.25) is 5.91 Å². The third kappa shape index (κ3) is 1.55. The third-order valence-electron chi connectivity index (χ3n) is 3.27. The maximum absolute atomic E-state index is 11.1. The molecular weight excluding hydrogens is 198 g/mol. The molecule has 0 saturated carbocycles. The summed E-state index contributed by atoms with van der Waals surface area (Å²) >= 11 is 0. The van der Waals surface area contributed by atoms with Crippen molar-refractivity contribution in [1.82, 2.24) is 4.90 Å². The Morgan fingerprint density at radius 3 is 2.47 bits per heavy atom. The van der Waals surface area contributed by atoms with Gasteiger partial charge in [0.05, 0.1) is 0 Å². The van der Waals surface area contributed by atoms with Gasteiger partial charge in [-0.1, -0.05) is 0 Å². The van der Waals surface area contributed by atoms with Crippen LogP contribution >= 0.6 is 0 Å². The van der Waals surface area contributed by atoms with Crippen LogP contribution in [0.1, 0.15) is 19.3 Å². The summed E-state index contributed by atoms with van der Waals surface area (Å²) in [7, 11) is 0. The van der Waals surface area contributed by atoms with Gasteiger partial charge in [-0.2, -0.15) is 0 Å². The van der Waals surface area contributed by atoms with Gasteiger partial charge in [0, 0.05) is 24.9 Å². The van der Waals surface area contributed by atoms with Crippen LogP contribution in [0.25, 0.3) is 0 Å². The highest BCUT2D eigenvalue weighted by Gasteiger charge is 2.44. The zero-order chi connectivity index (χ0) is 11.1. The second-order valence-corrected chi connectivity index (χ2v) is 4.12. The van der Waals surface area contributed by atoms with Crippen molar-refractivity contribution in [1.29, 1.82) is 0 Å². The molecule has 2 aliphatic heterocycles. The number of hydrogen-bond donors (Lipinski definition) is 2. The van der Waals surface area contributed by atoms with E-state index in [4.69, 9.17) is 10.8 Å². The number of carboxylic acid groups (broad SMARTS) is 1. The summed E-state index contributed by atoms with van der Waals surface area (Å²) in [5.74, 6) is 0.203. The quantitative estimate of drug-likeness (QED) is 0.591. The molecule has 6 nitrogen and oxygen atoms in total. The zero-order valence-electron chi connectivity index (χ0n) is 8.27. The van der Waals surface area contributed by atoms with Crippen LogP contribution in [0.5, 0.6) is 0 Å². The van der Waals surface area contributed by atoms with Crippen molar-refractivity contribution in [2.24, 2.45) is 16.1 Å². The van der Waals surface area contributed by atoms with Crippen LogP contribution in [0.3, 0.4) is 0 Å². The molecule has 1 saturated heterocycles. The molecule has 0 aromatic rings. The molecule has 0 unspecified atom stereocenters. The van der Waals surface area contributed by atoms with E-state index in [0.29, 0.717) is 38.2 Å². The molecule has 0 aliphatic carbocycles. The van der Waals surface area contributed by atoms with Crippen molar-refractivity contribution in [3.05, 3.63) is 0 Å². The number of nitrogens with zero attached hydrogens (tertiary/aromatic N) is 2. The van der Waals surface area contributed by atoms with Crippen LogP contribution < -0.4 is 5.73 Å². The average molecular weight is 211 g/mol. The van der Waals surface area contributed by atoms with Crippen molar-refractivity contribution in [2.45, 2.75) is 19.3 Å². The summed E-state index contributed by atoms with van der Waals surface area (Å²) in [6, 6.07) is 0. The first-order chi connectivity index (χ1) is 7.03. The Hall–Kier alpha value is -1.59. The van der Waals surface area contributed by atoms with Gasteiger partial charge >= 0.3 is 6.09 Å². The minimum Gasteiger partial charge on any atom is -0.465 e. The van der Waals surface area contributed by atoms with Crippen molar-refractivity contribution in [3.63, 3.8) is 0 Å². The molecule has 0 aromatic heterocycles. The molecule has 0 aromatic carbocycles. The first-order valence-electron chi connectivity index (χ1n) is 4.89. The summed E-state index contributed by atoms with van der Waals surface area (Å²) in [5, 5.41) is 8.78. The Balaban J connectivity index is 2.08.